The summed E-state index contributed by atoms with van der Waals surface area (Å²) in [6, 6.07) is 2.24. The van der Waals surface area contributed by atoms with E-state index in [2.05, 4.69) is 36.5 Å². The molecule has 0 radical (unpaired) electrons. The van der Waals surface area contributed by atoms with Crippen molar-refractivity contribution in [3.63, 3.8) is 0 Å². The number of rotatable bonds is 4. The summed E-state index contributed by atoms with van der Waals surface area (Å²) in [5, 5.41) is 10.5. The molecule has 118 valence electrons. The van der Waals surface area contributed by atoms with E-state index in [1.165, 1.54) is 19.3 Å². The van der Waals surface area contributed by atoms with Crippen LogP contribution in [0.5, 0.6) is 0 Å². The Hall–Kier alpha value is -1.52. The first kappa shape index (κ1) is 15.9. The van der Waals surface area contributed by atoms with Crippen molar-refractivity contribution < 1.29 is 4.79 Å². The largest absolute Gasteiger partial charge is 0.335 e. The van der Waals surface area contributed by atoms with Gasteiger partial charge < -0.3 is 10.6 Å². The third kappa shape index (κ3) is 5.06. The maximum Gasteiger partial charge on any atom is 0.315 e. The quantitative estimate of drug-likeness (QED) is 0.896. The minimum absolute atomic E-state index is 0.0180. The van der Waals surface area contributed by atoms with Gasteiger partial charge in [0.1, 0.15) is 0 Å². The number of hydrogen-bond acceptors (Lipinski definition) is 2. The Labute approximate surface area is 127 Å². The molecule has 2 N–H and O–H groups in total. The first-order chi connectivity index (χ1) is 9.95. The van der Waals surface area contributed by atoms with E-state index in [0.29, 0.717) is 12.6 Å². The summed E-state index contributed by atoms with van der Waals surface area (Å²) in [5.41, 5.74) is -0.0180. The van der Waals surface area contributed by atoms with Gasteiger partial charge in [-0.3, -0.25) is 4.68 Å². The van der Waals surface area contributed by atoms with Crippen LogP contribution in [0.1, 0.15) is 52.9 Å². The Balaban J connectivity index is 1.89. The van der Waals surface area contributed by atoms with E-state index in [1.54, 1.807) is 6.20 Å². The van der Waals surface area contributed by atoms with Crippen LogP contribution in [0.3, 0.4) is 0 Å². The van der Waals surface area contributed by atoms with Crippen molar-refractivity contribution in [2.24, 2.45) is 5.41 Å². The average Bonchev–Trinajstić information content (AvgIpc) is 2.91. The molecular weight excluding hydrogens is 264 g/mol. The molecule has 0 saturated heterocycles. The van der Waals surface area contributed by atoms with Crippen LogP contribution in [0.15, 0.2) is 18.5 Å². The van der Waals surface area contributed by atoms with E-state index in [4.69, 9.17) is 0 Å². The molecule has 1 fully saturated rings. The highest BCUT2D eigenvalue weighted by Crippen LogP contribution is 2.21. The lowest BCUT2D eigenvalue weighted by atomic mass is 9.86. The van der Waals surface area contributed by atoms with E-state index in [1.807, 2.05) is 16.9 Å². The summed E-state index contributed by atoms with van der Waals surface area (Å²) in [6.45, 7) is 7.11. The molecule has 0 aromatic carbocycles. The highest BCUT2D eigenvalue weighted by atomic mass is 16.2. The zero-order chi connectivity index (χ0) is 15.3. The molecule has 5 nitrogen and oxygen atoms in total. The average molecular weight is 292 g/mol. The maximum absolute atomic E-state index is 12.2. The monoisotopic (exact) mass is 292 g/mol. The summed E-state index contributed by atoms with van der Waals surface area (Å²) in [7, 11) is 0. The van der Waals surface area contributed by atoms with E-state index < -0.39 is 0 Å². The minimum atomic E-state index is -0.0472. The van der Waals surface area contributed by atoms with Crippen LogP contribution in [0.4, 0.5) is 4.79 Å². The standard InChI is InChI=1S/C16H28N4O/c1-16(2,3)14(12-20-11-7-10-17-20)19-15(21)18-13-8-5-4-6-9-13/h7,10-11,13-14H,4-6,8-9,12H2,1-3H3,(H2,18,19,21)/t14-/m0/s1. The van der Waals surface area contributed by atoms with Gasteiger partial charge in [0, 0.05) is 18.4 Å². The predicted molar refractivity (Wildman–Crippen MR) is 84.0 cm³/mol. The normalized spacial score (nSPS) is 18.2. The van der Waals surface area contributed by atoms with Crippen molar-refractivity contribution in [3.05, 3.63) is 18.5 Å². The summed E-state index contributed by atoms with van der Waals surface area (Å²) in [4.78, 5) is 12.2. The third-order valence-electron chi connectivity index (χ3n) is 4.22. The topological polar surface area (TPSA) is 59.0 Å². The van der Waals surface area contributed by atoms with Crippen molar-refractivity contribution >= 4 is 6.03 Å². The smallest absolute Gasteiger partial charge is 0.315 e. The van der Waals surface area contributed by atoms with E-state index in [0.717, 1.165) is 12.8 Å². The Kier molecular flexibility index (Phi) is 5.26. The van der Waals surface area contributed by atoms with E-state index in [-0.39, 0.29) is 17.5 Å². The fourth-order valence-electron chi connectivity index (χ4n) is 2.76. The van der Waals surface area contributed by atoms with Crippen LogP contribution in [-0.2, 0) is 6.54 Å². The Morgan fingerprint density at radius 2 is 2.05 bits per heavy atom. The highest BCUT2D eigenvalue weighted by Gasteiger charge is 2.27. The Bertz CT molecular complexity index is 430. The number of carbonyl (C=O) groups is 1. The van der Waals surface area contributed by atoms with Crippen molar-refractivity contribution in [2.45, 2.75) is 71.5 Å². The fourth-order valence-corrected chi connectivity index (χ4v) is 2.76. The van der Waals surface area contributed by atoms with Crippen LogP contribution in [0.2, 0.25) is 0 Å². The molecule has 1 aromatic rings. The van der Waals surface area contributed by atoms with Gasteiger partial charge >= 0.3 is 6.03 Å². The summed E-state index contributed by atoms with van der Waals surface area (Å²) < 4.78 is 1.87. The Morgan fingerprint density at radius 3 is 2.62 bits per heavy atom. The summed E-state index contributed by atoms with van der Waals surface area (Å²) in [5.74, 6) is 0. The molecule has 0 bridgehead atoms. The molecule has 0 spiro atoms. The minimum Gasteiger partial charge on any atom is -0.335 e. The van der Waals surface area contributed by atoms with E-state index >= 15 is 0 Å². The van der Waals surface area contributed by atoms with Gasteiger partial charge in [-0.1, -0.05) is 40.0 Å². The molecule has 2 amide bonds. The fraction of sp³-hybridized carbons (Fsp3) is 0.750. The van der Waals surface area contributed by atoms with Gasteiger partial charge in [0.15, 0.2) is 0 Å². The molecule has 2 rings (SSSR count). The van der Waals surface area contributed by atoms with Crippen LogP contribution in [-0.4, -0.2) is 27.9 Å². The van der Waals surface area contributed by atoms with Gasteiger partial charge in [-0.2, -0.15) is 5.10 Å². The molecule has 1 atom stereocenters. The van der Waals surface area contributed by atoms with Crippen molar-refractivity contribution in [2.75, 3.05) is 0 Å². The number of nitrogens with zero attached hydrogens (tertiary/aromatic N) is 2. The zero-order valence-electron chi connectivity index (χ0n) is 13.4. The number of carbonyl (C=O) groups excluding carboxylic acids is 1. The third-order valence-corrected chi connectivity index (χ3v) is 4.22. The van der Waals surface area contributed by atoms with Crippen molar-refractivity contribution in [3.8, 4) is 0 Å². The predicted octanol–water partition coefficient (Wildman–Crippen LogP) is 2.93. The first-order valence-electron chi connectivity index (χ1n) is 7.99. The van der Waals surface area contributed by atoms with Gasteiger partial charge in [-0.15, -0.1) is 0 Å². The van der Waals surface area contributed by atoms with Crippen molar-refractivity contribution in [1.29, 1.82) is 0 Å². The second-order valence-corrected chi connectivity index (χ2v) is 7.10. The van der Waals surface area contributed by atoms with Crippen LogP contribution in [0.25, 0.3) is 0 Å². The molecule has 1 saturated carbocycles. The van der Waals surface area contributed by atoms with Crippen LogP contribution >= 0.6 is 0 Å². The SMILES string of the molecule is CC(C)(C)[C@H](Cn1cccn1)NC(=O)NC1CCCCC1. The number of amides is 2. The number of aromatic nitrogens is 2. The number of nitrogens with one attached hydrogen (secondary N) is 2. The molecule has 1 aliphatic carbocycles. The number of hydrogen-bond donors (Lipinski definition) is 2. The second-order valence-electron chi connectivity index (χ2n) is 7.10. The van der Waals surface area contributed by atoms with Gasteiger partial charge in [-0.25, -0.2) is 4.79 Å². The lowest BCUT2D eigenvalue weighted by molar-refractivity contribution is 0.201. The molecular formula is C16H28N4O. The van der Waals surface area contributed by atoms with E-state index in [9.17, 15) is 4.79 Å². The molecule has 1 aromatic heterocycles. The Morgan fingerprint density at radius 1 is 1.33 bits per heavy atom. The lowest BCUT2D eigenvalue weighted by Crippen LogP contribution is -2.52. The van der Waals surface area contributed by atoms with Gasteiger partial charge in [0.05, 0.1) is 12.6 Å². The summed E-state index contributed by atoms with van der Waals surface area (Å²) >= 11 is 0. The molecule has 0 unspecified atom stereocenters. The number of urea groups is 1. The highest BCUT2D eigenvalue weighted by molar-refractivity contribution is 5.74. The molecule has 0 aliphatic heterocycles. The molecule has 1 aliphatic rings. The summed E-state index contributed by atoms with van der Waals surface area (Å²) in [6.07, 6.45) is 9.65. The van der Waals surface area contributed by atoms with Gasteiger partial charge in [0.25, 0.3) is 0 Å². The lowest BCUT2D eigenvalue weighted by Gasteiger charge is -2.32. The first-order valence-corrected chi connectivity index (χ1v) is 7.99. The maximum atomic E-state index is 12.2. The zero-order valence-corrected chi connectivity index (χ0v) is 13.4. The second kappa shape index (κ2) is 6.96. The van der Waals surface area contributed by atoms with Gasteiger partial charge in [-0.05, 0) is 24.3 Å². The van der Waals surface area contributed by atoms with Gasteiger partial charge in [0.2, 0.25) is 0 Å². The van der Waals surface area contributed by atoms with Crippen LogP contribution in [0, 0.1) is 5.41 Å². The molecule has 1 heterocycles. The van der Waals surface area contributed by atoms with Crippen molar-refractivity contribution in [1.82, 2.24) is 20.4 Å². The molecule has 21 heavy (non-hydrogen) atoms. The van der Waals surface area contributed by atoms with Crippen LogP contribution < -0.4 is 10.6 Å². The molecule has 5 heteroatoms.